The first-order valence-electron chi connectivity index (χ1n) is 27.4. The number of nitrogens with one attached hydrogen (secondary N) is 6. The zero-order valence-electron chi connectivity index (χ0n) is 46.9. The van der Waals surface area contributed by atoms with Crippen molar-refractivity contribution in [3.63, 3.8) is 0 Å². The van der Waals surface area contributed by atoms with Crippen molar-refractivity contribution in [1.82, 2.24) is 46.2 Å². The Labute approximate surface area is 478 Å². The topological polar surface area (TPSA) is 349 Å². The summed E-state index contributed by atoms with van der Waals surface area (Å²) in [6, 6.07) is 23.0. The van der Waals surface area contributed by atoms with Gasteiger partial charge < -0.3 is 71.3 Å². The third-order valence-electron chi connectivity index (χ3n) is 12.8. The van der Waals surface area contributed by atoms with E-state index >= 15 is 0 Å². The van der Waals surface area contributed by atoms with Crippen LogP contribution in [0.15, 0.2) is 78.9 Å². The lowest BCUT2D eigenvalue weighted by Gasteiger charge is -2.32. The van der Waals surface area contributed by atoms with E-state index in [2.05, 4.69) is 26.6 Å². The van der Waals surface area contributed by atoms with Crippen molar-refractivity contribution >= 4 is 47.5 Å². The number of benzene rings is 3. The molecule has 82 heavy (non-hydrogen) atoms. The summed E-state index contributed by atoms with van der Waals surface area (Å²) in [4.78, 5) is 93.7. The molecule has 0 unspecified atom stereocenters. The van der Waals surface area contributed by atoms with Crippen LogP contribution in [-0.4, -0.2) is 240 Å². The molecule has 1 aliphatic heterocycles. The molecule has 0 spiro atoms. The first-order valence-corrected chi connectivity index (χ1v) is 27.4. The smallest absolute Gasteiger partial charge is 0.317 e. The Kier molecular flexibility index (Phi) is 32.1. The van der Waals surface area contributed by atoms with E-state index in [0.717, 1.165) is 11.1 Å². The standard InChI is InChI=1S/C56H83N11O15/c1-42(68)61-36-43-12-14-44(15-13-43)37-62-54(76)48(11-6-16-60-56(57)58)63-55(77)53(45-7-3-2-4-8-45)46-9-5-10-47(35-46)82-34-33-81-32-31-80-30-29-79-28-27-78-26-17-59-49(69)38-64-18-20-65(39-50(70)71)22-24-67(41-52(74)75)25-23-66(21-19-64)40-51(72)73/h2-5,7-10,12-15,35,48,53H,6,11,16-34,36-41H2,1H3,(H,59,69)(H,61,68)(H,62,76)(H,63,77)(H,70,71)(H,72,73)(H,74,75)(H4,57,58,60)/t48-,53+/m1/s1. The minimum absolute atomic E-state index is 0.00468. The van der Waals surface area contributed by atoms with Crippen LogP contribution in [0.3, 0.4) is 0 Å². The Morgan fingerprint density at radius 2 is 1.00 bits per heavy atom. The lowest BCUT2D eigenvalue weighted by molar-refractivity contribution is -0.140. The van der Waals surface area contributed by atoms with E-state index in [9.17, 15) is 48.9 Å². The predicted octanol–water partition coefficient (Wildman–Crippen LogP) is -0.444. The molecule has 1 saturated heterocycles. The highest BCUT2D eigenvalue weighted by Crippen LogP contribution is 2.28. The number of hydrogen-bond acceptors (Lipinski definition) is 17. The zero-order valence-corrected chi connectivity index (χ0v) is 46.9. The normalized spacial score (nSPS) is 14.7. The van der Waals surface area contributed by atoms with Gasteiger partial charge >= 0.3 is 17.9 Å². The fourth-order valence-electron chi connectivity index (χ4n) is 8.58. The monoisotopic (exact) mass is 1150 g/mol. The Bertz CT molecular complexity index is 2390. The van der Waals surface area contributed by atoms with Gasteiger partial charge in [0.15, 0.2) is 5.96 Å². The number of carbonyl (C=O) groups excluding carboxylic acids is 4. The number of carboxylic acid groups (broad SMARTS) is 3. The van der Waals surface area contributed by atoms with Crippen molar-refractivity contribution in [3.8, 4) is 5.75 Å². The van der Waals surface area contributed by atoms with Crippen LogP contribution in [0.1, 0.15) is 47.9 Å². The third-order valence-corrected chi connectivity index (χ3v) is 12.8. The van der Waals surface area contributed by atoms with Gasteiger partial charge in [0.05, 0.1) is 85.0 Å². The van der Waals surface area contributed by atoms with Gasteiger partial charge in [0.2, 0.25) is 23.6 Å². The maximum Gasteiger partial charge on any atom is 0.317 e. The molecule has 4 amide bonds. The predicted molar refractivity (Wildman–Crippen MR) is 302 cm³/mol. The summed E-state index contributed by atoms with van der Waals surface area (Å²) in [6.07, 6.45) is 0.716. The maximum absolute atomic E-state index is 14.3. The van der Waals surface area contributed by atoms with Gasteiger partial charge in [-0.15, -0.1) is 0 Å². The molecule has 0 radical (unpaired) electrons. The highest BCUT2D eigenvalue weighted by molar-refractivity contribution is 5.92. The number of aliphatic carboxylic acids is 3. The second kappa shape index (κ2) is 39.2. The SMILES string of the molecule is CC(=O)NCc1ccc(CNC(=O)[C@@H](CCCNC(=N)N)NC(=O)[C@@H](c2ccccc2)c2cccc(OCCOCCOCCOCCOCCNC(=O)CN3CCN(CC(=O)O)CCN(CC(=O)O)CCN(CC(=O)O)CC3)c2)cc1. The second-order valence-corrected chi connectivity index (χ2v) is 19.3. The molecule has 0 saturated carbocycles. The number of carboxylic acids is 3. The summed E-state index contributed by atoms with van der Waals surface area (Å²) in [5.74, 6) is -4.70. The van der Waals surface area contributed by atoms with E-state index in [-0.39, 0.29) is 121 Å². The van der Waals surface area contributed by atoms with E-state index in [1.165, 1.54) is 6.92 Å². The second-order valence-electron chi connectivity index (χ2n) is 19.3. The molecule has 2 atom stereocenters. The summed E-state index contributed by atoms with van der Waals surface area (Å²) in [6.45, 7) is 6.96. The molecule has 3 aromatic carbocycles. The molecular weight excluding hydrogens is 1070 g/mol. The fraction of sp³-hybridized carbons (Fsp3) is 0.536. The largest absolute Gasteiger partial charge is 0.491 e. The quantitative estimate of drug-likeness (QED) is 0.0199. The van der Waals surface area contributed by atoms with Crippen LogP contribution in [-0.2, 0) is 65.6 Å². The number of hydrogen-bond donors (Lipinski definition) is 10. The van der Waals surface area contributed by atoms with Crippen molar-refractivity contribution in [3.05, 3.63) is 101 Å². The molecule has 1 fully saturated rings. The number of guanidine groups is 1. The fourth-order valence-corrected chi connectivity index (χ4v) is 8.58. The molecule has 1 aliphatic rings. The molecule has 452 valence electrons. The van der Waals surface area contributed by atoms with Gasteiger partial charge in [0.25, 0.3) is 0 Å². The summed E-state index contributed by atoms with van der Waals surface area (Å²) in [5.41, 5.74) is 8.60. The molecular formula is C56H83N11O15. The van der Waals surface area contributed by atoms with Crippen LogP contribution in [0.5, 0.6) is 5.75 Å². The molecule has 3 aromatic rings. The van der Waals surface area contributed by atoms with E-state index in [4.69, 9.17) is 34.8 Å². The molecule has 0 aromatic heterocycles. The van der Waals surface area contributed by atoms with Gasteiger partial charge in [-0.1, -0.05) is 66.7 Å². The molecule has 0 aliphatic carbocycles. The van der Waals surface area contributed by atoms with Crippen LogP contribution >= 0.6 is 0 Å². The molecule has 26 nitrogen and oxygen atoms in total. The van der Waals surface area contributed by atoms with Crippen LogP contribution < -0.4 is 37.1 Å². The summed E-state index contributed by atoms with van der Waals surface area (Å²) >= 11 is 0. The van der Waals surface area contributed by atoms with E-state index in [0.29, 0.717) is 102 Å². The van der Waals surface area contributed by atoms with Gasteiger partial charge in [-0.3, -0.25) is 58.6 Å². The number of ether oxygens (including phenoxy) is 5. The average molecular weight is 1150 g/mol. The summed E-state index contributed by atoms with van der Waals surface area (Å²) in [5, 5.41) is 50.0. The highest BCUT2D eigenvalue weighted by Gasteiger charge is 2.29. The van der Waals surface area contributed by atoms with Crippen LogP contribution in [0, 0.1) is 5.41 Å². The lowest BCUT2D eigenvalue weighted by Crippen LogP contribution is -2.50. The van der Waals surface area contributed by atoms with E-state index < -0.39 is 29.9 Å². The number of carbonyl (C=O) groups is 7. The van der Waals surface area contributed by atoms with Crippen LogP contribution in [0.2, 0.25) is 0 Å². The molecule has 11 N–H and O–H groups in total. The zero-order chi connectivity index (χ0) is 59.3. The minimum Gasteiger partial charge on any atom is -0.491 e. The van der Waals surface area contributed by atoms with Gasteiger partial charge in [0, 0.05) is 85.5 Å². The summed E-state index contributed by atoms with van der Waals surface area (Å²) in [7, 11) is 0. The Morgan fingerprint density at radius 3 is 1.49 bits per heavy atom. The number of nitrogens with two attached hydrogens (primary N) is 1. The van der Waals surface area contributed by atoms with Crippen LogP contribution in [0.4, 0.5) is 0 Å². The van der Waals surface area contributed by atoms with E-state index in [1.807, 2.05) is 65.6 Å². The number of rotatable bonds is 37. The highest BCUT2D eigenvalue weighted by atomic mass is 16.6. The molecule has 4 rings (SSSR count). The van der Waals surface area contributed by atoms with Crippen molar-refractivity contribution in [2.45, 2.75) is 44.8 Å². The minimum atomic E-state index is -1.03. The summed E-state index contributed by atoms with van der Waals surface area (Å²) < 4.78 is 28.5. The lowest BCUT2D eigenvalue weighted by atomic mass is 9.90. The number of amides is 4. The van der Waals surface area contributed by atoms with Gasteiger partial charge in [-0.05, 0) is 47.2 Å². The van der Waals surface area contributed by atoms with Gasteiger partial charge in [-0.25, -0.2) is 0 Å². The average Bonchev–Trinajstić information content (AvgIpc) is 3.61. The van der Waals surface area contributed by atoms with Crippen molar-refractivity contribution in [2.24, 2.45) is 5.73 Å². The maximum atomic E-state index is 14.3. The van der Waals surface area contributed by atoms with Gasteiger partial charge in [-0.2, -0.15) is 0 Å². The van der Waals surface area contributed by atoms with Crippen LogP contribution in [0.25, 0.3) is 0 Å². The molecule has 1 heterocycles. The Hall–Kier alpha value is -7.30. The Morgan fingerprint density at radius 1 is 0.537 bits per heavy atom. The first-order chi connectivity index (χ1) is 39.5. The third kappa shape index (κ3) is 29.4. The first kappa shape index (κ1) is 67.2. The Balaban J connectivity index is 1.12. The van der Waals surface area contributed by atoms with Gasteiger partial charge in [0.1, 0.15) is 18.4 Å². The van der Waals surface area contributed by atoms with E-state index in [1.54, 1.807) is 32.9 Å². The number of nitrogens with zero attached hydrogens (tertiary/aromatic N) is 4. The molecule has 26 heteroatoms. The van der Waals surface area contributed by atoms with Crippen molar-refractivity contribution < 1.29 is 72.6 Å². The van der Waals surface area contributed by atoms with Crippen molar-refractivity contribution in [1.29, 1.82) is 5.41 Å². The molecule has 0 bridgehead atoms. The van der Waals surface area contributed by atoms with Crippen molar-refractivity contribution in [2.75, 3.05) is 151 Å².